The number of hydrogen-bond donors (Lipinski definition) is 1. The molecule has 1 fully saturated rings. The van der Waals surface area contributed by atoms with Crippen molar-refractivity contribution in [3.8, 4) is 0 Å². The molecule has 0 aliphatic heterocycles. The topological polar surface area (TPSA) is 45.5 Å². The number of amides is 2. The molecule has 1 saturated carbocycles. The highest BCUT2D eigenvalue weighted by Crippen LogP contribution is 2.26. The highest BCUT2D eigenvalue weighted by atomic mass is 127. The fraction of sp³-hybridized carbons (Fsp3) is 0.389. The number of nitrogens with zero attached hydrogens (tertiary/aromatic N) is 1. The third kappa shape index (κ3) is 4.28. The van der Waals surface area contributed by atoms with Crippen LogP contribution in [0.3, 0.4) is 0 Å². The van der Waals surface area contributed by atoms with Gasteiger partial charge in [0, 0.05) is 15.3 Å². The Labute approximate surface area is 150 Å². The van der Waals surface area contributed by atoms with E-state index in [1.807, 2.05) is 48.2 Å². The van der Waals surface area contributed by atoms with Crippen molar-refractivity contribution in [2.75, 3.05) is 5.32 Å². The average molecular weight is 424 g/mol. The Kier molecular flexibility index (Phi) is 5.25. The van der Waals surface area contributed by atoms with Gasteiger partial charge < -0.3 is 14.6 Å². The minimum Gasteiger partial charge on any atom is -0.464 e. The van der Waals surface area contributed by atoms with Crippen LogP contribution in [-0.2, 0) is 6.54 Å². The molecule has 4 nitrogen and oxygen atoms in total. The smallest absolute Gasteiger partial charge is 0.322 e. The minimum atomic E-state index is -0.0489. The summed E-state index contributed by atoms with van der Waals surface area (Å²) in [5, 5.41) is 3.02. The summed E-state index contributed by atoms with van der Waals surface area (Å²) in [5.74, 6) is 1.72. The van der Waals surface area contributed by atoms with E-state index >= 15 is 0 Å². The molecule has 2 aromatic rings. The number of benzene rings is 1. The SMILES string of the molecule is Cc1ccc(CN(C(=O)Nc2ccc(I)cc2)C2CCCC2)o1. The van der Waals surface area contributed by atoms with Crippen molar-refractivity contribution < 1.29 is 9.21 Å². The number of aryl methyl sites for hydroxylation is 1. The summed E-state index contributed by atoms with van der Waals surface area (Å²) >= 11 is 2.26. The van der Waals surface area contributed by atoms with E-state index in [2.05, 4.69) is 27.9 Å². The lowest BCUT2D eigenvalue weighted by molar-refractivity contribution is 0.178. The summed E-state index contributed by atoms with van der Waals surface area (Å²) in [6, 6.07) is 12.0. The molecule has 1 heterocycles. The molecule has 3 rings (SSSR count). The second kappa shape index (κ2) is 7.38. The Morgan fingerprint density at radius 3 is 2.52 bits per heavy atom. The van der Waals surface area contributed by atoms with E-state index in [4.69, 9.17) is 4.42 Å². The second-order valence-corrected chi connectivity index (χ2v) is 7.26. The van der Waals surface area contributed by atoms with Crippen molar-refractivity contribution in [1.29, 1.82) is 0 Å². The van der Waals surface area contributed by atoms with Crippen molar-refractivity contribution in [2.45, 2.75) is 45.2 Å². The summed E-state index contributed by atoms with van der Waals surface area (Å²) in [6.07, 6.45) is 4.52. The number of carbonyl (C=O) groups excluding carboxylic acids is 1. The summed E-state index contributed by atoms with van der Waals surface area (Å²) in [7, 11) is 0. The summed E-state index contributed by atoms with van der Waals surface area (Å²) in [4.78, 5) is 14.7. The molecule has 0 radical (unpaired) electrons. The van der Waals surface area contributed by atoms with Gasteiger partial charge in [0.05, 0.1) is 6.54 Å². The van der Waals surface area contributed by atoms with Crippen LogP contribution in [0, 0.1) is 10.5 Å². The minimum absolute atomic E-state index is 0.0489. The van der Waals surface area contributed by atoms with Gasteiger partial charge in [-0.3, -0.25) is 0 Å². The molecule has 1 aliphatic carbocycles. The van der Waals surface area contributed by atoms with Crippen molar-refractivity contribution in [1.82, 2.24) is 4.90 Å². The van der Waals surface area contributed by atoms with Crippen LogP contribution in [0.25, 0.3) is 0 Å². The van der Waals surface area contributed by atoms with Gasteiger partial charge in [0.1, 0.15) is 11.5 Å². The Bertz CT molecular complexity index is 660. The predicted octanol–water partition coefficient (Wildman–Crippen LogP) is 5.17. The van der Waals surface area contributed by atoms with E-state index in [1.54, 1.807) is 0 Å². The number of halogens is 1. The average Bonchev–Trinajstić information content (AvgIpc) is 3.18. The molecule has 1 N–H and O–H groups in total. The van der Waals surface area contributed by atoms with Gasteiger partial charge in [-0.15, -0.1) is 0 Å². The molecule has 2 amide bonds. The molecule has 23 heavy (non-hydrogen) atoms. The maximum absolute atomic E-state index is 12.8. The first-order valence-electron chi connectivity index (χ1n) is 8.00. The molecule has 5 heteroatoms. The lowest BCUT2D eigenvalue weighted by Gasteiger charge is -2.28. The Morgan fingerprint density at radius 2 is 1.91 bits per heavy atom. The van der Waals surface area contributed by atoms with Crippen LogP contribution in [-0.4, -0.2) is 17.0 Å². The zero-order valence-corrected chi connectivity index (χ0v) is 15.4. The zero-order valence-electron chi connectivity index (χ0n) is 13.2. The molecular formula is C18H21IN2O2. The van der Waals surface area contributed by atoms with Crippen LogP contribution >= 0.6 is 22.6 Å². The van der Waals surface area contributed by atoms with Crippen LogP contribution < -0.4 is 5.32 Å². The largest absolute Gasteiger partial charge is 0.464 e. The van der Waals surface area contributed by atoms with Crippen LogP contribution in [0.15, 0.2) is 40.8 Å². The Hall–Kier alpha value is -1.50. The predicted molar refractivity (Wildman–Crippen MR) is 99.4 cm³/mol. The molecule has 122 valence electrons. The van der Waals surface area contributed by atoms with Crippen LogP contribution in [0.2, 0.25) is 0 Å². The molecular weight excluding hydrogens is 403 g/mol. The summed E-state index contributed by atoms with van der Waals surface area (Å²) in [6.45, 7) is 2.45. The summed E-state index contributed by atoms with van der Waals surface area (Å²) < 4.78 is 6.82. The van der Waals surface area contributed by atoms with Gasteiger partial charge in [-0.2, -0.15) is 0 Å². The van der Waals surface area contributed by atoms with Crippen LogP contribution in [0.1, 0.15) is 37.2 Å². The zero-order chi connectivity index (χ0) is 16.2. The highest BCUT2D eigenvalue weighted by molar-refractivity contribution is 14.1. The molecule has 0 atom stereocenters. The summed E-state index contributed by atoms with van der Waals surface area (Å²) in [5.41, 5.74) is 0.828. The molecule has 0 bridgehead atoms. The molecule has 1 aromatic carbocycles. The third-order valence-electron chi connectivity index (χ3n) is 4.24. The van der Waals surface area contributed by atoms with Gasteiger partial charge in [-0.25, -0.2) is 4.79 Å². The Balaban J connectivity index is 1.73. The fourth-order valence-electron chi connectivity index (χ4n) is 3.05. The van der Waals surface area contributed by atoms with Gasteiger partial charge in [0.2, 0.25) is 0 Å². The third-order valence-corrected chi connectivity index (χ3v) is 4.96. The number of carbonyl (C=O) groups is 1. The normalized spacial score (nSPS) is 14.9. The van der Waals surface area contributed by atoms with Crippen LogP contribution in [0.4, 0.5) is 10.5 Å². The molecule has 1 aromatic heterocycles. The molecule has 0 unspecified atom stereocenters. The quantitative estimate of drug-likeness (QED) is 0.689. The van der Waals surface area contributed by atoms with Gasteiger partial charge in [0.15, 0.2) is 0 Å². The van der Waals surface area contributed by atoms with Crippen molar-refractivity contribution >= 4 is 34.3 Å². The number of rotatable bonds is 4. The molecule has 0 spiro atoms. The highest BCUT2D eigenvalue weighted by Gasteiger charge is 2.27. The number of furan rings is 1. The number of hydrogen-bond acceptors (Lipinski definition) is 2. The first-order chi connectivity index (χ1) is 11.1. The monoisotopic (exact) mass is 424 g/mol. The van der Waals surface area contributed by atoms with Gasteiger partial charge in [0.25, 0.3) is 0 Å². The first-order valence-corrected chi connectivity index (χ1v) is 9.08. The number of nitrogens with one attached hydrogen (secondary N) is 1. The van der Waals surface area contributed by atoms with E-state index in [1.165, 1.54) is 12.8 Å². The van der Waals surface area contributed by atoms with Crippen LogP contribution in [0.5, 0.6) is 0 Å². The fourth-order valence-corrected chi connectivity index (χ4v) is 3.41. The lowest BCUT2D eigenvalue weighted by atomic mass is 10.2. The van der Waals surface area contributed by atoms with E-state index in [-0.39, 0.29) is 6.03 Å². The van der Waals surface area contributed by atoms with E-state index < -0.39 is 0 Å². The van der Waals surface area contributed by atoms with E-state index in [9.17, 15) is 4.79 Å². The lowest BCUT2D eigenvalue weighted by Crippen LogP contribution is -2.41. The van der Waals surface area contributed by atoms with Gasteiger partial charge in [-0.05, 0) is 78.8 Å². The number of anilines is 1. The molecule has 1 aliphatic rings. The van der Waals surface area contributed by atoms with Gasteiger partial charge in [-0.1, -0.05) is 12.8 Å². The van der Waals surface area contributed by atoms with Crippen molar-refractivity contribution in [3.05, 3.63) is 51.5 Å². The first kappa shape index (κ1) is 16.4. The van der Waals surface area contributed by atoms with Crippen molar-refractivity contribution in [3.63, 3.8) is 0 Å². The second-order valence-electron chi connectivity index (χ2n) is 6.02. The van der Waals surface area contributed by atoms with E-state index in [0.717, 1.165) is 33.6 Å². The number of urea groups is 1. The standard InChI is InChI=1S/C18H21IN2O2/c1-13-6-11-17(23-13)12-21(16-4-2-3-5-16)18(22)20-15-9-7-14(19)8-10-15/h6-11,16H,2-5,12H2,1H3,(H,20,22). The van der Waals surface area contributed by atoms with Crippen molar-refractivity contribution in [2.24, 2.45) is 0 Å². The maximum atomic E-state index is 12.8. The van der Waals surface area contributed by atoms with E-state index in [0.29, 0.717) is 12.6 Å². The maximum Gasteiger partial charge on any atom is 0.322 e. The Morgan fingerprint density at radius 1 is 1.22 bits per heavy atom. The van der Waals surface area contributed by atoms with Gasteiger partial charge >= 0.3 is 6.03 Å². The molecule has 0 saturated heterocycles.